The number of nitro benzene ring substituents is 1. The van der Waals surface area contributed by atoms with E-state index in [0.717, 1.165) is 6.07 Å². The van der Waals surface area contributed by atoms with E-state index in [4.69, 9.17) is 13.9 Å². The van der Waals surface area contributed by atoms with E-state index in [1.54, 1.807) is 19.1 Å². The zero-order valence-electron chi connectivity index (χ0n) is 16.9. The Morgan fingerprint density at radius 1 is 1.25 bits per heavy atom. The Morgan fingerprint density at radius 2 is 2.00 bits per heavy atom. The number of carbonyl (C=O) groups is 2. The molecule has 11 heteroatoms. The van der Waals surface area contributed by atoms with Gasteiger partial charge in [0.25, 0.3) is 11.6 Å². The number of hydrogen-bond donors (Lipinski definition) is 1. The number of non-ortho nitro benzene ring substituents is 1. The van der Waals surface area contributed by atoms with Gasteiger partial charge in [0.05, 0.1) is 18.6 Å². The van der Waals surface area contributed by atoms with Gasteiger partial charge in [0.1, 0.15) is 5.56 Å². The molecular weight excluding hydrogens is 488 g/mol. The van der Waals surface area contributed by atoms with Crippen molar-refractivity contribution in [3.05, 3.63) is 78.6 Å². The Labute approximate surface area is 189 Å². The molecule has 166 valence electrons. The van der Waals surface area contributed by atoms with Gasteiger partial charge >= 0.3 is 11.6 Å². The second-order valence-electron chi connectivity index (χ2n) is 6.48. The second kappa shape index (κ2) is 9.60. The zero-order valence-corrected chi connectivity index (χ0v) is 18.5. The maximum atomic E-state index is 12.9. The minimum atomic E-state index is -1.38. The first-order valence-electron chi connectivity index (χ1n) is 9.28. The molecule has 0 saturated carbocycles. The van der Waals surface area contributed by atoms with Crippen LogP contribution in [0, 0.1) is 10.1 Å². The lowest BCUT2D eigenvalue weighted by Crippen LogP contribution is -2.37. The van der Waals surface area contributed by atoms with Gasteiger partial charge in [0.15, 0.2) is 17.4 Å². The van der Waals surface area contributed by atoms with E-state index >= 15 is 0 Å². The Bertz CT molecular complexity index is 1270. The molecule has 3 rings (SSSR count). The predicted molar refractivity (Wildman–Crippen MR) is 117 cm³/mol. The van der Waals surface area contributed by atoms with E-state index in [-0.39, 0.29) is 29.0 Å². The van der Waals surface area contributed by atoms with Crippen LogP contribution in [0.1, 0.15) is 28.9 Å². The molecule has 1 amide bonds. The molecule has 0 saturated heterocycles. The Balaban J connectivity index is 2.02. The summed E-state index contributed by atoms with van der Waals surface area (Å²) in [6.07, 6.45) is 0. The molecule has 0 spiro atoms. The van der Waals surface area contributed by atoms with Crippen LogP contribution >= 0.6 is 15.9 Å². The van der Waals surface area contributed by atoms with Crippen molar-refractivity contribution in [3.8, 4) is 5.75 Å². The molecule has 1 atom stereocenters. The average molecular weight is 505 g/mol. The number of ether oxygens (including phenoxy) is 2. The number of rotatable bonds is 7. The number of benzene rings is 2. The molecule has 0 bridgehead atoms. The smallest absolute Gasteiger partial charge is 0.349 e. The zero-order chi connectivity index (χ0) is 23.4. The summed E-state index contributed by atoms with van der Waals surface area (Å²) in [6, 6.07) is 8.35. The van der Waals surface area contributed by atoms with Crippen LogP contribution in [0.25, 0.3) is 11.0 Å². The van der Waals surface area contributed by atoms with Crippen LogP contribution in [0.3, 0.4) is 0 Å². The third-order valence-electron chi connectivity index (χ3n) is 4.44. The summed E-state index contributed by atoms with van der Waals surface area (Å²) in [7, 11) is 1.41. The number of nitrogens with zero attached hydrogens (tertiary/aromatic N) is 1. The third kappa shape index (κ3) is 4.78. The van der Waals surface area contributed by atoms with Gasteiger partial charge in [-0.15, -0.1) is 0 Å². The Hall–Kier alpha value is -3.73. The first kappa shape index (κ1) is 22.9. The largest absolute Gasteiger partial charge is 0.493 e. The van der Waals surface area contributed by atoms with Gasteiger partial charge in [-0.05, 0) is 30.7 Å². The highest BCUT2D eigenvalue weighted by atomic mass is 79.9. The molecule has 10 nitrogen and oxygen atoms in total. The molecule has 1 N–H and O–H groups in total. The highest BCUT2D eigenvalue weighted by molar-refractivity contribution is 9.10. The quantitative estimate of drug-likeness (QED) is 0.223. The topological polar surface area (TPSA) is 138 Å². The van der Waals surface area contributed by atoms with E-state index in [0.29, 0.717) is 15.6 Å². The summed E-state index contributed by atoms with van der Waals surface area (Å²) < 4.78 is 16.1. The molecule has 1 aromatic heterocycles. The summed E-state index contributed by atoms with van der Waals surface area (Å²) in [6.45, 7) is 1.60. The number of amides is 1. The highest BCUT2D eigenvalue weighted by Crippen LogP contribution is 2.29. The van der Waals surface area contributed by atoms with E-state index in [9.17, 15) is 24.5 Å². The van der Waals surface area contributed by atoms with Crippen LogP contribution in [0.2, 0.25) is 0 Å². The van der Waals surface area contributed by atoms with Crippen molar-refractivity contribution in [1.82, 2.24) is 5.32 Å². The normalized spacial score (nSPS) is 11.6. The summed E-state index contributed by atoms with van der Waals surface area (Å²) in [5.41, 5.74) is -1.30. The number of carbonyl (C=O) groups excluding carboxylic acids is 2. The maximum Gasteiger partial charge on any atom is 0.349 e. The molecule has 0 radical (unpaired) electrons. The summed E-state index contributed by atoms with van der Waals surface area (Å²) in [5.74, 6) is -1.46. The lowest BCUT2D eigenvalue weighted by atomic mass is 10.1. The SMILES string of the molecule is CCOC(=O)[C@H](NC(=O)c1cc2cc(Br)cc(OC)c2oc1=O)c1cccc([N+](=O)[O-])c1. The van der Waals surface area contributed by atoms with Crippen LogP contribution in [0.5, 0.6) is 5.75 Å². The van der Waals surface area contributed by atoms with Crippen molar-refractivity contribution in [2.45, 2.75) is 13.0 Å². The number of methoxy groups -OCH3 is 1. The fourth-order valence-electron chi connectivity index (χ4n) is 3.01. The van der Waals surface area contributed by atoms with Crippen LogP contribution < -0.4 is 15.7 Å². The average Bonchev–Trinajstić information content (AvgIpc) is 2.76. The Morgan fingerprint density at radius 3 is 2.66 bits per heavy atom. The molecule has 0 aliphatic carbocycles. The molecule has 0 unspecified atom stereocenters. The van der Waals surface area contributed by atoms with Crippen LogP contribution in [-0.2, 0) is 9.53 Å². The maximum absolute atomic E-state index is 12.9. The standard InChI is InChI=1S/C21H17BrN2O8/c1-3-31-21(27)17(11-5-4-6-14(8-11)24(28)29)23-19(25)15-9-12-7-13(22)10-16(30-2)18(12)32-20(15)26/h4-10,17H,3H2,1-2H3,(H,23,25)/t17-/m1/s1. The lowest BCUT2D eigenvalue weighted by molar-refractivity contribution is -0.384. The van der Waals surface area contributed by atoms with Crippen molar-refractivity contribution in [1.29, 1.82) is 0 Å². The molecule has 3 aromatic rings. The summed E-state index contributed by atoms with van der Waals surface area (Å²) >= 11 is 3.31. The molecule has 2 aromatic carbocycles. The molecule has 32 heavy (non-hydrogen) atoms. The monoisotopic (exact) mass is 504 g/mol. The molecule has 0 aliphatic rings. The fourth-order valence-corrected chi connectivity index (χ4v) is 3.46. The van der Waals surface area contributed by atoms with Crippen LogP contribution in [0.15, 0.2) is 56.1 Å². The van der Waals surface area contributed by atoms with Gasteiger partial charge < -0.3 is 19.2 Å². The minimum Gasteiger partial charge on any atom is -0.493 e. The van der Waals surface area contributed by atoms with Gasteiger partial charge in [-0.25, -0.2) is 9.59 Å². The number of nitrogens with one attached hydrogen (secondary N) is 1. The van der Waals surface area contributed by atoms with Crippen molar-refractivity contribution in [2.75, 3.05) is 13.7 Å². The van der Waals surface area contributed by atoms with Crippen molar-refractivity contribution in [3.63, 3.8) is 0 Å². The van der Waals surface area contributed by atoms with E-state index in [1.807, 2.05) is 0 Å². The predicted octanol–water partition coefficient (Wildman–Crippen LogP) is 3.51. The third-order valence-corrected chi connectivity index (χ3v) is 4.90. The van der Waals surface area contributed by atoms with E-state index in [1.165, 1.54) is 31.4 Å². The first-order valence-corrected chi connectivity index (χ1v) is 10.1. The van der Waals surface area contributed by atoms with Gasteiger partial charge in [-0.2, -0.15) is 0 Å². The second-order valence-corrected chi connectivity index (χ2v) is 7.40. The highest BCUT2D eigenvalue weighted by Gasteiger charge is 2.28. The molecule has 0 fully saturated rings. The van der Waals surface area contributed by atoms with Gasteiger partial charge in [-0.1, -0.05) is 28.1 Å². The number of esters is 1. The van der Waals surface area contributed by atoms with Crippen molar-refractivity contribution in [2.24, 2.45) is 0 Å². The van der Waals surface area contributed by atoms with Gasteiger partial charge in [0, 0.05) is 22.0 Å². The minimum absolute atomic E-state index is 0.0199. The Kier molecular flexibility index (Phi) is 6.89. The van der Waals surface area contributed by atoms with Crippen LogP contribution in [0.4, 0.5) is 5.69 Å². The molecule has 1 heterocycles. The van der Waals surface area contributed by atoms with E-state index in [2.05, 4.69) is 21.2 Å². The molecule has 0 aliphatic heterocycles. The summed E-state index contributed by atoms with van der Waals surface area (Å²) in [4.78, 5) is 48.3. The number of hydrogen-bond acceptors (Lipinski definition) is 8. The number of nitro groups is 1. The van der Waals surface area contributed by atoms with E-state index < -0.39 is 28.5 Å². The summed E-state index contributed by atoms with van der Waals surface area (Å²) in [5, 5.41) is 13.9. The lowest BCUT2D eigenvalue weighted by Gasteiger charge is -2.17. The molecular formula is C21H17BrN2O8. The fraction of sp³-hybridized carbons (Fsp3) is 0.190. The number of fused-ring (bicyclic) bond motifs is 1. The van der Waals surface area contributed by atoms with Gasteiger partial charge in [-0.3, -0.25) is 14.9 Å². The number of halogens is 1. The first-order chi connectivity index (χ1) is 15.2. The van der Waals surface area contributed by atoms with Crippen molar-refractivity contribution >= 4 is 44.5 Å². The van der Waals surface area contributed by atoms with Gasteiger partial charge in [0.2, 0.25) is 0 Å². The van der Waals surface area contributed by atoms with Crippen LogP contribution in [-0.4, -0.2) is 30.5 Å². The van der Waals surface area contributed by atoms with Crippen molar-refractivity contribution < 1.29 is 28.4 Å².